The molecule has 1 aromatic carbocycles. The van der Waals surface area contributed by atoms with Gasteiger partial charge in [-0.3, -0.25) is 4.90 Å². The standard InChI is InChI=1S/C17H30N2S/c1-6-11-19(13-17(3,4)12-18)14(2)15-7-9-16(20-5)10-8-15/h7-10,14H,6,11-13,18H2,1-5H3. The van der Waals surface area contributed by atoms with E-state index >= 15 is 0 Å². The summed E-state index contributed by atoms with van der Waals surface area (Å²) in [5, 5.41) is 0. The van der Waals surface area contributed by atoms with Crippen LogP contribution in [0, 0.1) is 5.41 Å². The molecule has 2 nitrogen and oxygen atoms in total. The molecular formula is C17H30N2S. The monoisotopic (exact) mass is 294 g/mol. The number of benzene rings is 1. The normalized spacial score (nSPS) is 13.8. The highest BCUT2D eigenvalue weighted by Gasteiger charge is 2.23. The van der Waals surface area contributed by atoms with E-state index in [9.17, 15) is 0 Å². The Balaban J connectivity index is 2.83. The van der Waals surface area contributed by atoms with Gasteiger partial charge in [0.1, 0.15) is 0 Å². The molecular weight excluding hydrogens is 264 g/mol. The number of hydrogen-bond donors (Lipinski definition) is 1. The Bertz CT molecular complexity index is 386. The van der Waals surface area contributed by atoms with Gasteiger partial charge in [-0.05, 0) is 55.8 Å². The molecule has 2 N–H and O–H groups in total. The van der Waals surface area contributed by atoms with E-state index in [1.807, 2.05) is 0 Å². The van der Waals surface area contributed by atoms with E-state index in [2.05, 4.69) is 63.1 Å². The Hall–Kier alpha value is -0.510. The zero-order valence-corrected chi connectivity index (χ0v) is 14.5. The summed E-state index contributed by atoms with van der Waals surface area (Å²) >= 11 is 1.79. The molecule has 1 atom stereocenters. The summed E-state index contributed by atoms with van der Waals surface area (Å²) in [6.07, 6.45) is 3.29. The van der Waals surface area contributed by atoms with Crippen molar-refractivity contribution < 1.29 is 0 Å². The third-order valence-electron chi connectivity index (χ3n) is 3.84. The second kappa shape index (κ2) is 8.06. The number of thioether (sulfide) groups is 1. The zero-order chi connectivity index (χ0) is 15.2. The molecule has 0 bridgehead atoms. The molecule has 1 unspecified atom stereocenters. The molecule has 0 fully saturated rings. The maximum atomic E-state index is 5.90. The van der Waals surface area contributed by atoms with Crippen LogP contribution in [0.5, 0.6) is 0 Å². The van der Waals surface area contributed by atoms with Gasteiger partial charge in [-0.25, -0.2) is 0 Å². The maximum Gasteiger partial charge on any atom is 0.0320 e. The van der Waals surface area contributed by atoms with E-state index < -0.39 is 0 Å². The summed E-state index contributed by atoms with van der Waals surface area (Å²) in [5.74, 6) is 0. The lowest BCUT2D eigenvalue weighted by Crippen LogP contribution is -2.40. The van der Waals surface area contributed by atoms with Crippen molar-refractivity contribution in [1.82, 2.24) is 4.90 Å². The second-order valence-electron chi connectivity index (χ2n) is 6.29. The molecule has 0 saturated carbocycles. The molecule has 0 heterocycles. The Morgan fingerprint density at radius 1 is 1.25 bits per heavy atom. The molecule has 0 aliphatic rings. The highest BCUT2D eigenvalue weighted by atomic mass is 32.2. The zero-order valence-electron chi connectivity index (χ0n) is 13.6. The van der Waals surface area contributed by atoms with E-state index in [1.54, 1.807) is 11.8 Å². The average Bonchev–Trinajstić information content (AvgIpc) is 2.46. The van der Waals surface area contributed by atoms with Crippen LogP contribution in [0.2, 0.25) is 0 Å². The fourth-order valence-electron chi connectivity index (χ4n) is 2.40. The molecule has 1 aromatic rings. The molecule has 114 valence electrons. The van der Waals surface area contributed by atoms with Crippen molar-refractivity contribution in [3.05, 3.63) is 29.8 Å². The average molecular weight is 295 g/mol. The molecule has 0 radical (unpaired) electrons. The SMILES string of the molecule is CCCN(CC(C)(C)CN)C(C)c1ccc(SC)cc1. The van der Waals surface area contributed by atoms with Gasteiger partial charge >= 0.3 is 0 Å². The van der Waals surface area contributed by atoms with Crippen molar-refractivity contribution in [2.45, 2.75) is 45.1 Å². The largest absolute Gasteiger partial charge is 0.330 e. The summed E-state index contributed by atoms with van der Waals surface area (Å²) in [6, 6.07) is 9.39. The molecule has 0 spiro atoms. The first kappa shape index (κ1) is 17.5. The van der Waals surface area contributed by atoms with Crippen molar-refractivity contribution >= 4 is 11.8 Å². The van der Waals surface area contributed by atoms with Crippen LogP contribution in [-0.4, -0.2) is 30.8 Å². The van der Waals surface area contributed by atoms with Crippen LogP contribution in [0.15, 0.2) is 29.2 Å². The van der Waals surface area contributed by atoms with Crippen molar-refractivity contribution in [2.24, 2.45) is 11.1 Å². The lowest BCUT2D eigenvalue weighted by molar-refractivity contribution is 0.140. The Morgan fingerprint density at radius 3 is 2.30 bits per heavy atom. The van der Waals surface area contributed by atoms with Gasteiger partial charge in [-0.15, -0.1) is 11.8 Å². The molecule has 0 saturated heterocycles. The van der Waals surface area contributed by atoms with Gasteiger partial charge < -0.3 is 5.73 Å². The number of nitrogens with zero attached hydrogens (tertiary/aromatic N) is 1. The van der Waals surface area contributed by atoms with Gasteiger partial charge in [0.25, 0.3) is 0 Å². The predicted octanol–water partition coefficient (Wildman–Crippen LogP) is 4.17. The Labute approximate surface area is 129 Å². The number of hydrogen-bond acceptors (Lipinski definition) is 3. The van der Waals surface area contributed by atoms with Gasteiger partial charge in [0, 0.05) is 17.5 Å². The van der Waals surface area contributed by atoms with Crippen molar-refractivity contribution in [1.29, 1.82) is 0 Å². The fraction of sp³-hybridized carbons (Fsp3) is 0.647. The first-order chi connectivity index (χ1) is 9.43. The lowest BCUT2D eigenvalue weighted by atomic mass is 9.91. The Morgan fingerprint density at radius 2 is 1.85 bits per heavy atom. The van der Waals surface area contributed by atoms with Crippen molar-refractivity contribution in [3.8, 4) is 0 Å². The number of nitrogens with two attached hydrogens (primary N) is 1. The van der Waals surface area contributed by atoms with Gasteiger partial charge in [0.15, 0.2) is 0 Å². The van der Waals surface area contributed by atoms with Gasteiger partial charge in [-0.1, -0.05) is 32.9 Å². The smallest absolute Gasteiger partial charge is 0.0320 e. The molecule has 0 amide bonds. The molecule has 3 heteroatoms. The summed E-state index contributed by atoms with van der Waals surface area (Å²) in [5.41, 5.74) is 7.46. The number of rotatable bonds is 8. The predicted molar refractivity (Wildman–Crippen MR) is 91.3 cm³/mol. The van der Waals surface area contributed by atoms with E-state index in [4.69, 9.17) is 5.73 Å². The van der Waals surface area contributed by atoms with Crippen LogP contribution in [0.3, 0.4) is 0 Å². The minimum atomic E-state index is 0.169. The summed E-state index contributed by atoms with van der Waals surface area (Å²) < 4.78 is 0. The van der Waals surface area contributed by atoms with Crippen LogP contribution >= 0.6 is 11.8 Å². The van der Waals surface area contributed by atoms with Crippen LogP contribution in [-0.2, 0) is 0 Å². The van der Waals surface area contributed by atoms with E-state index in [0.717, 1.165) is 19.6 Å². The van der Waals surface area contributed by atoms with Crippen molar-refractivity contribution in [3.63, 3.8) is 0 Å². The third kappa shape index (κ3) is 5.12. The van der Waals surface area contributed by atoms with Crippen molar-refractivity contribution in [2.75, 3.05) is 25.9 Å². The fourth-order valence-corrected chi connectivity index (χ4v) is 2.81. The minimum absolute atomic E-state index is 0.169. The van der Waals surface area contributed by atoms with E-state index in [1.165, 1.54) is 16.9 Å². The lowest BCUT2D eigenvalue weighted by Gasteiger charge is -2.36. The topological polar surface area (TPSA) is 29.3 Å². The van der Waals surface area contributed by atoms with Crippen LogP contribution < -0.4 is 5.73 Å². The van der Waals surface area contributed by atoms with E-state index in [0.29, 0.717) is 6.04 Å². The third-order valence-corrected chi connectivity index (χ3v) is 4.58. The van der Waals surface area contributed by atoms with Gasteiger partial charge in [0.2, 0.25) is 0 Å². The molecule has 0 aliphatic carbocycles. The summed E-state index contributed by atoms with van der Waals surface area (Å²) in [7, 11) is 0. The van der Waals surface area contributed by atoms with Gasteiger partial charge in [0.05, 0.1) is 0 Å². The molecule has 0 aromatic heterocycles. The second-order valence-corrected chi connectivity index (χ2v) is 7.17. The molecule has 1 rings (SSSR count). The minimum Gasteiger partial charge on any atom is -0.330 e. The molecule has 20 heavy (non-hydrogen) atoms. The van der Waals surface area contributed by atoms with Crippen LogP contribution in [0.1, 0.15) is 45.7 Å². The maximum absolute atomic E-state index is 5.90. The van der Waals surface area contributed by atoms with Crippen LogP contribution in [0.25, 0.3) is 0 Å². The van der Waals surface area contributed by atoms with Gasteiger partial charge in [-0.2, -0.15) is 0 Å². The Kier molecular flexibility index (Phi) is 7.07. The highest BCUT2D eigenvalue weighted by molar-refractivity contribution is 7.98. The quantitative estimate of drug-likeness (QED) is 0.730. The highest BCUT2D eigenvalue weighted by Crippen LogP contribution is 2.26. The van der Waals surface area contributed by atoms with E-state index in [-0.39, 0.29) is 5.41 Å². The molecule has 0 aliphatic heterocycles. The first-order valence-corrected chi connectivity index (χ1v) is 8.74. The van der Waals surface area contributed by atoms with Crippen LogP contribution in [0.4, 0.5) is 0 Å². The summed E-state index contributed by atoms with van der Waals surface area (Å²) in [6.45, 7) is 11.9. The first-order valence-electron chi connectivity index (χ1n) is 7.51. The summed E-state index contributed by atoms with van der Waals surface area (Å²) in [4.78, 5) is 3.88.